The summed E-state index contributed by atoms with van der Waals surface area (Å²) in [6.07, 6.45) is 1.42. The van der Waals surface area contributed by atoms with E-state index in [-0.39, 0.29) is 31.0 Å². The minimum absolute atomic E-state index is 0.0456. The van der Waals surface area contributed by atoms with E-state index in [1.165, 1.54) is 11.0 Å². The van der Waals surface area contributed by atoms with Crippen LogP contribution in [0.5, 0.6) is 11.5 Å². The lowest BCUT2D eigenvalue weighted by atomic mass is 10.1. The maximum Gasteiger partial charge on any atom is 0.244 e. The molecule has 1 aliphatic rings. The van der Waals surface area contributed by atoms with Crippen LogP contribution in [0.25, 0.3) is 0 Å². The van der Waals surface area contributed by atoms with Crippen LogP contribution in [-0.4, -0.2) is 56.8 Å². The van der Waals surface area contributed by atoms with Crippen molar-refractivity contribution in [1.82, 2.24) is 10.2 Å². The minimum Gasteiger partial charge on any atom is -0.454 e. The lowest BCUT2D eigenvalue weighted by molar-refractivity contribution is -0.140. The molecule has 3 rings (SSSR count). The molecule has 0 aromatic heterocycles. The number of anilines is 1. The summed E-state index contributed by atoms with van der Waals surface area (Å²) in [5.74, 6) is 0.148. The Morgan fingerprint density at radius 1 is 1.09 bits per heavy atom. The average Bonchev–Trinajstić information content (AvgIpc) is 3.25. The number of carbonyl (C=O) groups is 2. The maximum atomic E-state index is 13.7. The van der Waals surface area contributed by atoms with Gasteiger partial charge in [-0.15, -0.1) is 0 Å². The van der Waals surface area contributed by atoms with Crippen LogP contribution in [0.3, 0.4) is 0 Å². The molecule has 0 radical (unpaired) electrons. The number of ether oxygens (including phenoxy) is 2. The van der Waals surface area contributed by atoms with Crippen molar-refractivity contribution in [3.8, 4) is 11.5 Å². The quantitative estimate of drug-likeness (QED) is 0.535. The number of sulfonamides is 1. The Balaban J connectivity index is 1.96. The van der Waals surface area contributed by atoms with Crippen molar-refractivity contribution in [3.05, 3.63) is 53.6 Å². The first kappa shape index (κ1) is 26.3. The summed E-state index contributed by atoms with van der Waals surface area (Å²) in [5.41, 5.74) is 2.13. The van der Waals surface area contributed by atoms with Crippen LogP contribution in [-0.2, 0) is 26.2 Å². The minimum atomic E-state index is -3.83. The van der Waals surface area contributed by atoms with Crippen LogP contribution in [0.15, 0.2) is 42.5 Å². The van der Waals surface area contributed by atoms with E-state index in [4.69, 9.17) is 9.47 Å². The third kappa shape index (κ3) is 6.45. The van der Waals surface area contributed by atoms with Gasteiger partial charge in [-0.3, -0.25) is 13.9 Å². The Morgan fingerprint density at radius 2 is 1.77 bits per heavy atom. The molecule has 10 heteroatoms. The number of fused-ring (bicyclic) bond motifs is 1. The van der Waals surface area contributed by atoms with E-state index in [1.54, 1.807) is 12.1 Å². The number of carbonyl (C=O) groups excluding carboxylic acids is 2. The Bertz CT molecular complexity index is 1180. The number of hydrogen-bond donors (Lipinski definition) is 1. The van der Waals surface area contributed by atoms with E-state index in [2.05, 4.69) is 5.32 Å². The molecule has 0 spiro atoms. The molecule has 35 heavy (non-hydrogen) atoms. The molecule has 0 saturated heterocycles. The van der Waals surface area contributed by atoms with Crippen molar-refractivity contribution in [2.75, 3.05) is 23.9 Å². The van der Waals surface area contributed by atoms with Gasteiger partial charge in [0.1, 0.15) is 12.6 Å². The summed E-state index contributed by atoms with van der Waals surface area (Å²) in [6.45, 7) is 7.22. The highest BCUT2D eigenvalue weighted by molar-refractivity contribution is 7.92. The fraction of sp³-hybridized carbons (Fsp3) is 0.440. The molecule has 1 heterocycles. The van der Waals surface area contributed by atoms with Crippen LogP contribution in [0, 0.1) is 6.92 Å². The Kier molecular flexibility index (Phi) is 8.26. The highest BCUT2D eigenvalue weighted by atomic mass is 32.2. The van der Waals surface area contributed by atoms with Gasteiger partial charge >= 0.3 is 0 Å². The third-order valence-electron chi connectivity index (χ3n) is 5.74. The molecule has 2 aromatic rings. The summed E-state index contributed by atoms with van der Waals surface area (Å²) >= 11 is 0. The molecule has 0 saturated carbocycles. The first-order chi connectivity index (χ1) is 16.5. The summed E-state index contributed by atoms with van der Waals surface area (Å²) in [5, 5.41) is 2.88. The van der Waals surface area contributed by atoms with E-state index in [1.807, 2.05) is 52.0 Å². The van der Waals surface area contributed by atoms with Gasteiger partial charge in [0, 0.05) is 18.7 Å². The van der Waals surface area contributed by atoms with Gasteiger partial charge in [-0.1, -0.05) is 31.2 Å². The van der Waals surface area contributed by atoms with Crippen LogP contribution < -0.4 is 19.1 Å². The molecule has 0 fully saturated rings. The fourth-order valence-corrected chi connectivity index (χ4v) is 4.77. The molecule has 1 atom stereocenters. The Labute approximate surface area is 207 Å². The van der Waals surface area contributed by atoms with E-state index in [0.29, 0.717) is 17.9 Å². The van der Waals surface area contributed by atoms with E-state index in [9.17, 15) is 18.0 Å². The van der Waals surface area contributed by atoms with Gasteiger partial charge in [0.15, 0.2) is 11.5 Å². The van der Waals surface area contributed by atoms with Gasteiger partial charge in [-0.2, -0.15) is 0 Å². The van der Waals surface area contributed by atoms with E-state index >= 15 is 0 Å². The lowest BCUT2D eigenvalue weighted by Gasteiger charge is -2.33. The smallest absolute Gasteiger partial charge is 0.244 e. The van der Waals surface area contributed by atoms with Gasteiger partial charge in [-0.05, 0) is 50.5 Å². The second-order valence-electron chi connectivity index (χ2n) is 8.84. The predicted molar refractivity (Wildman–Crippen MR) is 134 cm³/mol. The molecule has 1 aliphatic heterocycles. The summed E-state index contributed by atoms with van der Waals surface area (Å²) in [4.78, 5) is 28.2. The maximum absolute atomic E-state index is 13.7. The van der Waals surface area contributed by atoms with Crippen LogP contribution >= 0.6 is 0 Å². The van der Waals surface area contributed by atoms with Crippen LogP contribution in [0.2, 0.25) is 0 Å². The Hall–Kier alpha value is -3.27. The predicted octanol–water partition coefficient (Wildman–Crippen LogP) is 2.82. The van der Waals surface area contributed by atoms with Crippen molar-refractivity contribution >= 4 is 27.5 Å². The van der Waals surface area contributed by atoms with Gasteiger partial charge in [-0.25, -0.2) is 8.42 Å². The van der Waals surface area contributed by atoms with Gasteiger partial charge < -0.3 is 19.7 Å². The molecule has 9 nitrogen and oxygen atoms in total. The third-order valence-corrected chi connectivity index (χ3v) is 6.88. The van der Waals surface area contributed by atoms with E-state index < -0.39 is 28.5 Å². The van der Waals surface area contributed by atoms with Crippen molar-refractivity contribution in [2.24, 2.45) is 0 Å². The molecular formula is C25H33N3O6S. The highest BCUT2D eigenvalue weighted by Crippen LogP contribution is 2.36. The number of nitrogens with one attached hydrogen (secondary N) is 1. The number of hydrogen-bond acceptors (Lipinski definition) is 6. The summed E-state index contributed by atoms with van der Waals surface area (Å²) in [6, 6.07) is 11.4. The number of nitrogens with zero attached hydrogens (tertiary/aromatic N) is 2. The standard InChI is InChI=1S/C25H33N3O6S/c1-6-21(25(30)26-17(2)3)27(14-19-10-8-7-9-18(19)4)24(29)15-28(35(5,31)32)20-11-12-22-23(13-20)34-16-33-22/h7-13,17,21H,6,14-16H2,1-5H3,(H,26,30)/t21-/m0/s1. The average molecular weight is 504 g/mol. The molecule has 0 aliphatic carbocycles. The molecule has 2 amide bonds. The molecule has 1 N–H and O–H groups in total. The molecule has 2 aromatic carbocycles. The van der Waals surface area contributed by atoms with Gasteiger partial charge in [0.2, 0.25) is 28.6 Å². The fourth-order valence-electron chi connectivity index (χ4n) is 3.93. The topological polar surface area (TPSA) is 105 Å². The van der Waals surface area contributed by atoms with Crippen molar-refractivity contribution in [2.45, 2.75) is 52.7 Å². The number of amides is 2. The van der Waals surface area contributed by atoms with Crippen molar-refractivity contribution in [3.63, 3.8) is 0 Å². The number of benzene rings is 2. The molecule has 0 bridgehead atoms. The number of aryl methyl sites for hydroxylation is 1. The highest BCUT2D eigenvalue weighted by Gasteiger charge is 2.32. The molecular weight excluding hydrogens is 470 g/mol. The van der Waals surface area contributed by atoms with Crippen LogP contribution in [0.1, 0.15) is 38.3 Å². The second kappa shape index (κ2) is 11.0. The monoisotopic (exact) mass is 503 g/mol. The van der Waals surface area contributed by atoms with Gasteiger partial charge in [0.25, 0.3) is 0 Å². The first-order valence-corrected chi connectivity index (χ1v) is 13.4. The van der Waals surface area contributed by atoms with Crippen LogP contribution in [0.4, 0.5) is 5.69 Å². The second-order valence-corrected chi connectivity index (χ2v) is 10.7. The molecule has 0 unspecified atom stereocenters. The van der Waals surface area contributed by atoms with E-state index in [0.717, 1.165) is 21.7 Å². The summed E-state index contributed by atoms with van der Waals surface area (Å²) < 4.78 is 37.2. The largest absolute Gasteiger partial charge is 0.454 e. The zero-order chi connectivity index (χ0) is 25.8. The van der Waals surface area contributed by atoms with Crippen molar-refractivity contribution < 1.29 is 27.5 Å². The zero-order valence-electron chi connectivity index (χ0n) is 20.8. The molecule has 190 valence electrons. The Morgan fingerprint density at radius 3 is 2.40 bits per heavy atom. The zero-order valence-corrected chi connectivity index (χ0v) is 21.6. The van der Waals surface area contributed by atoms with Crippen molar-refractivity contribution in [1.29, 1.82) is 0 Å². The van der Waals surface area contributed by atoms with Gasteiger partial charge in [0.05, 0.1) is 11.9 Å². The normalized spacial score (nSPS) is 13.4. The first-order valence-electron chi connectivity index (χ1n) is 11.5. The SMILES string of the molecule is CC[C@@H](C(=O)NC(C)C)N(Cc1ccccc1C)C(=O)CN(c1ccc2c(c1)OCO2)S(C)(=O)=O. The summed E-state index contributed by atoms with van der Waals surface area (Å²) in [7, 11) is -3.83. The number of rotatable bonds is 10. The lowest BCUT2D eigenvalue weighted by Crippen LogP contribution is -2.53.